The van der Waals surface area contributed by atoms with Crippen molar-refractivity contribution in [1.29, 1.82) is 0 Å². The number of rotatable bonds is 2. The summed E-state index contributed by atoms with van der Waals surface area (Å²) in [5, 5.41) is 8.62. The van der Waals surface area contributed by atoms with E-state index in [-0.39, 0.29) is 0 Å². The van der Waals surface area contributed by atoms with E-state index in [2.05, 4.69) is 0 Å². The summed E-state index contributed by atoms with van der Waals surface area (Å²) in [6.07, 6.45) is -2.25. The fourth-order valence-corrected chi connectivity index (χ4v) is 2.17. The molecule has 0 saturated heterocycles. The molecule has 0 radical (unpaired) electrons. The maximum absolute atomic E-state index is 12.8. The van der Waals surface area contributed by atoms with E-state index in [0.717, 1.165) is 0 Å². The minimum atomic E-state index is -3.31. The zero-order chi connectivity index (χ0) is 10.8. The molecule has 0 spiro atoms. The highest BCUT2D eigenvalue weighted by atomic mass is 19.3. The first-order valence-corrected chi connectivity index (χ1v) is 4.20. The average molecular weight is 212 g/mol. The third kappa shape index (κ3) is 0.994. The predicted molar refractivity (Wildman–Crippen MR) is 37.3 cm³/mol. The van der Waals surface area contributed by atoms with Gasteiger partial charge in [0.1, 0.15) is 5.41 Å². The SMILES string of the molecule is O=C(O)C1(C2CC(F)(F)C2)CC1(F)F. The van der Waals surface area contributed by atoms with Crippen molar-refractivity contribution in [3.63, 3.8) is 0 Å². The molecule has 2 aliphatic rings. The summed E-state index contributed by atoms with van der Waals surface area (Å²) in [4.78, 5) is 10.6. The second-order valence-corrected chi connectivity index (χ2v) is 4.12. The number of carbonyl (C=O) groups is 1. The number of carboxylic acids is 1. The van der Waals surface area contributed by atoms with Gasteiger partial charge in [-0.2, -0.15) is 0 Å². The van der Waals surface area contributed by atoms with Gasteiger partial charge in [-0.05, 0) is 5.92 Å². The third-order valence-electron chi connectivity index (χ3n) is 3.20. The average Bonchev–Trinajstić information content (AvgIpc) is 2.50. The monoisotopic (exact) mass is 212 g/mol. The molecule has 0 bridgehead atoms. The third-order valence-corrected chi connectivity index (χ3v) is 3.20. The van der Waals surface area contributed by atoms with E-state index >= 15 is 0 Å². The molecule has 14 heavy (non-hydrogen) atoms. The van der Waals surface area contributed by atoms with Crippen LogP contribution in [0.4, 0.5) is 17.6 Å². The van der Waals surface area contributed by atoms with Crippen molar-refractivity contribution in [2.75, 3.05) is 0 Å². The normalized spacial score (nSPS) is 38.9. The van der Waals surface area contributed by atoms with Crippen LogP contribution in [0.2, 0.25) is 0 Å². The summed E-state index contributed by atoms with van der Waals surface area (Å²) in [5.74, 6) is -8.99. The van der Waals surface area contributed by atoms with E-state index in [1.807, 2.05) is 0 Å². The lowest BCUT2D eigenvalue weighted by atomic mass is 9.70. The van der Waals surface area contributed by atoms with Crippen LogP contribution in [0, 0.1) is 11.3 Å². The Labute approximate surface area is 76.9 Å². The van der Waals surface area contributed by atoms with Gasteiger partial charge in [0.05, 0.1) is 0 Å². The lowest BCUT2D eigenvalue weighted by molar-refractivity contribution is -0.173. The first-order chi connectivity index (χ1) is 6.21. The number of alkyl halides is 4. The number of carboxylic acid groups (broad SMARTS) is 1. The Bertz CT molecular complexity index is 294. The van der Waals surface area contributed by atoms with Gasteiger partial charge in [0, 0.05) is 19.3 Å². The summed E-state index contributed by atoms with van der Waals surface area (Å²) in [6.45, 7) is 0. The summed E-state index contributed by atoms with van der Waals surface area (Å²) < 4.78 is 50.4. The lowest BCUT2D eigenvalue weighted by Crippen LogP contribution is -2.45. The van der Waals surface area contributed by atoms with E-state index in [1.54, 1.807) is 0 Å². The van der Waals surface area contributed by atoms with E-state index in [1.165, 1.54) is 0 Å². The Morgan fingerprint density at radius 3 is 1.86 bits per heavy atom. The predicted octanol–water partition coefficient (Wildman–Crippen LogP) is 2.14. The van der Waals surface area contributed by atoms with E-state index in [9.17, 15) is 22.4 Å². The molecule has 1 unspecified atom stereocenters. The molecular formula is C8H8F4O2. The van der Waals surface area contributed by atoms with Gasteiger partial charge in [-0.3, -0.25) is 4.79 Å². The molecule has 0 aromatic carbocycles. The Morgan fingerprint density at radius 2 is 1.64 bits per heavy atom. The van der Waals surface area contributed by atoms with Crippen LogP contribution in [-0.2, 0) is 4.79 Å². The molecule has 2 rings (SSSR count). The molecule has 1 atom stereocenters. The van der Waals surface area contributed by atoms with Crippen LogP contribution < -0.4 is 0 Å². The van der Waals surface area contributed by atoms with Gasteiger partial charge in [0.25, 0.3) is 5.92 Å². The lowest BCUT2D eigenvalue weighted by Gasteiger charge is -2.38. The fraction of sp³-hybridized carbons (Fsp3) is 0.875. The zero-order valence-electron chi connectivity index (χ0n) is 7.07. The molecule has 1 N–H and O–H groups in total. The van der Waals surface area contributed by atoms with E-state index in [0.29, 0.717) is 0 Å². The summed E-state index contributed by atoms with van der Waals surface area (Å²) in [7, 11) is 0. The van der Waals surface area contributed by atoms with Gasteiger partial charge in [-0.15, -0.1) is 0 Å². The molecule has 6 heteroatoms. The first-order valence-electron chi connectivity index (χ1n) is 4.20. The van der Waals surface area contributed by atoms with Crippen LogP contribution in [0.1, 0.15) is 19.3 Å². The summed E-state index contributed by atoms with van der Waals surface area (Å²) >= 11 is 0. The van der Waals surface area contributed by atoms with Crippen molar-refractivity contribution in [2.24, 2.45) is 11.3 Å². The van der Waals surface area contributed by atoms with Crippen LogP contribution in [0.3, 0.4) is 0 Å². The van der Waals surface area contributed by atoms with Crippen LogP contribution in [0.5, 0.6) is 0 Å². The Hall–Kier alpha value is -0.810. The highest BCUT2D eigenvalue weighted by molar-refractivity contribution is 5.81. The molecule has 2 aliphatic carbocycles. The summed E-state index contributed by atoms with van der Waals surface area (Å²) in [6, 6.07) is 0. The summed E-state index contributed by atoms with van der Waals surface area (Å²) in [5.41, 5.74) is -2.20. The Morgan fingerprint density at radius 1 is 1.21 bits per heavy atom. The highest BCUT2D eigenvalue weighted by Gasteiger charge is 2.82. The van der Waals surface area contributed by atoms with Crippen molar-refractivity contribution in [3.05, 3.63) is 0 Å². The van der Waals surface area contributed by atoms with Gasteiger partial charge < -0.3 is 5.11 Å². The smallest absolute Gasteiger partial charge is 0.316 e. The second-order valence-electron chi connectivity index (χ2n) is 4.12. The minimum absolute atomic E-state index is 0.727. The molecule has 0 amide bonds. The van der Waals surface area contributed by atoms with Gasteiger partial charge in [0.2, 0.25) is 5.92 Å². The molecule has 80 valence electrons. The molecule has 0 aliphatic heterocycles. The van der Waals surface area contributed by atoms with Crippen molar-refractivity contribution in [1.82, 2.24) is 0 Å². The van der Waals surface area contributed by atoms with E-state index in [4.69, 9.17) is 5.11 Å². The number of halogens is 4. The molecule has 2 saturated carbocycles. The van der Waals surface area contributed by atoms with Gasteiger partial charge in [-0.25, -0.2) is 17.6 Å². The second kappa shape index (κ2) is 2.23. The van der Waals surface area contributed by atoms with Gasteiger partial charge in [-0.1, -0.05) is 0 Å². The quantitative estimate of drug-likeness (QED) is 0.712. The van der Waals surface area contributed by atoms with Crippen molar-refractivity contribution in [3.8, 4) is 0 Å². The molecular weight excluding hydrogens is 204 g/mol. The standard InChI is InChI=1S/C8H8F4O2/c9-6(10)1-4(2-6)7(5(13)14)3-8(7,11)12/h4H,1-3H2,(H,13,14). The minimum Gasteiger partial charge on any atom is -0.481 e. The van der Waals surface area contributed by atoms with Gasteiger partial charge >= 0.3 is 5.97 Å². The Kier molecular flexibility index (Phi) is 1.55. The Balaban J connectivity index is 2.14. The van der Waals surface area contributed by atoms with Crippen molar-refractivity contribution < 1.29 is 27.5 Å². The zero-order valence-corrected chi connectivity index (χ0v) is 7.07. The number of hydrogen-bond acceptors (Lipinski definition) is 1. The first kappa shape index (κ1) is 9.73. The number of hydrogen-bond donors (Lipinski definition) is 1. The van der Waals surface area contributed by atoms with Crippen LogP contribution >= 0.6 is 0 Å². The van der Waals surface area contributed by atoms with Crippen molar-refractivity contribution in [2.45, 2.75) is 31.1 Å². The molecule has 0 aromatic rings. The molecule has 2 fully saturated rings. The van der Waals surface area contributed by atoms with Crippen LogP contribution in [-0.4, -0.2) is 22.9 Å². The molecule has 2 nitrogen and oxygen atoms in total. The molecule has 0 heterocycles. The van der Waals surface area contributed by atoms with E-state index < -0.39 is 48.4 Å². The maximum Gasteiger partial charge on any atom is 0.316 e. The largest absolute Gasteiger partial charge is 0.481 e. The maximum atomic E-state index is 12.8. The van der Waals surface area contributed by atoms with Crippen molar-refractivity contribution >= 4 is 5.97 Å². The molecule has 0 aromatic heterocycles. The van der Waals surface area contributed by atoms with Crippen LogP contribution in [0.25, 0.3) is 0 Å². The van der Waals surface area contributed by atoms with Gasteiger partial charge in [0.15, 0.2) is 0 Å². The van der Waals surface area contributed by atoms with Crippen LogP contribution in [0.15, 0.2) is 0 Å². The fourth-order valence-electron chi connectivity index (χ4n) is 2.17. The topological polar surface area (TPSA) is 37.3 Å². The number of aliphatic carboxylic acids is 1. The highest BCUT2D eigenvalue weighted by Crippen LogP contribution is 2.70.